The molecule has 1 aromatic carbocycles. The number of rotatable bonds is 5. The molecule has 0 amide bonds. The molecule has 0 saturated carbocycles. The highest BCUT2D eigenvalue weighted by molar-refractivity contribution is 9.10. The molecule has 0 saturated heterocycles. The molecule has 0 fully saturated rings. The largest absolute Gasteiger partial charge is 0.497 e. The second-order valence-corrected chi connectivity index (χ2v) is 5.78. The number of pyridine rings is 1. The first-order chi connectivity index (χ1) is 9.60. The van der Waals surface area contributed by atoms with E-state index in [9.17, 15) is 4.79 Å². The van der Waals surface area contributed by atoms with Gasteiger partial charge in [-0.05, 0) is 35.9 Å². The Balaban J connectivity index is 2.12. The van der Waals surface area contributed by atoms with Crippen molar-refractivity contribution in [3.63, 3.8) is 0 Å². The molecule has 2 aromatic rings. The van der Waals surface area contributed by atoms with Crippen LogP contribution in [0.5, 0.6) is 5.75 Å². The summed E-state index contributed by atoms with van der Waals surface area (Å²) in [6.45, 7) is 0. The zero-order valence-electron chi connectivity index (χ0n) is 10.7. The quantitative estimate of drug-likeness (QED) is 0.827. The summed E-state index contributed by atoms with van der Waals surface area (Å²) in [6, 6.07) is 8.80. The molecular formula is C14H12BrNO3S. The van der Waals surface area contributed by atoms with E-state index in [1.54, 1.807) is 13.2 Å². The zero-order valence-corrected chi connectivity index (χ0v) is 13.1. The number of carboxylic acids is 1. The predicted molar refractivity (Wildman–Crippen MR) is 81.5 cm³/mol. The lowest BCUT2D eigenvalue weighted by molar-refractivity contribution is 0.0696. The van der Waals surface area contributed by atoms with Gasteiger partial charge in [0, 0.05) is 16.4 Å². The molecule has 20 heavy (non-hydrogen) atoms. The van der Waals surface area contributed by atoms with E-state index < -0.39 is 5.97 Å². The van der Waals surface area contributed by atoms with Crippen LogP contribution in [0, 0.1) is 0 Å². The molecule has 2 rings (SSSR count). The van der Waals surface area contributed by atoms with E-state index in [1.807, 2.05) is 18.2 Å². The number of aromatic nitrogens is 1. The maximum atomic E-state index is 10.9. The Morgan fingerprint density at radius 3 is 2.90 bits per heavy atom. The Morgan fingerprint density at radius 2 is 2.20 bits per heavy atom. The zero-order chi connectivity index (χ0) is 14.5. The number of aromatic carboxylic acids is 1. The number of benzene rings is 1. The summed E-state index contributed by atoms with van der Waals surface area (Å²) in [7, 11) is 1.62. The maximum absolute atomic E-state index is 10.9. The van der Waals surface area contributed by atoms with Gasteiger partial charge in [0.25, 0.3) is 0 Å². The molecule has 0 radical (unpaired) electrons. The minimum atomic E-state index is -0.947. The molecule has 0 spiro atoms. The van der Waals surface area contributed by atoms with Crippen molar-refractivity contribution in [1.29, 1.82) is 0 Å². The molecule has 0 aliphatic rings. The summed E-state index contributed by atoms with van der Waals surface area (Å²) in [4.78, 5) is 15.1. The molecule has 0 atom stereocenters. The molecule has 0 unspecified atom stereocenters. The van der Waals surface area contributed by atoms with Crippen LogP contribution in [0.25, 0.3) is 0 Å². The minimum Gasteiger partial charge on any atom is -0.497 e. The van der Waals surface area contributed by atoms with Gasteiger partial charge in [-0.2, -0.15) is 0 Å². The van der Waals surface area contributed by atoms with Gasteiger partial charge < -0.3 is 9.84 Å². The molecule has 1 aromatic heterocycles. The highest BCUT2D eigenvalue weighted by Crippen LogP contribution is 2.29. The smallest absolute Gasteiger partial charge is 0.335 e. The summed E-state index contributed by atoms with van der Waals surface area (Å²) >= 11 is 4.97. The second-order valence-electron chi connectivity index (χ2n) is 3.93. The van der Waals surface area contributed by atoms with Crippen molar-refractivity contribution in [2.75, 3.05) is 7.11 Å². The predicted octanol–water partition coefficient (Wildman–Crippen LogP) is 3.84. The summed E-state index contributed by atoms with van der Waals surface area (Å²) in [5.74, 6) is 0.515. The molecule has 0 bridgehead atoms. The molecule has 6 heteroatoms. The van der Waals surface area contributed by atoms with Crippen molar-refractivity contribution in [2.24, 2.45) is 0 Å². The summed E-state index contributed by atoms with van der Waals surface area (Å²) in [6.07, 6.45) is 1.51. The fourth-order valence-corrected chi connectivity index (χ4v) is 3.02. The highest BCUT2D eigenvalue weighted by atomic mass is 79.9. The standard InChI is InChI=1S/C14H12BrNO3S/c1-19-11-2-3-12(15)10(6-11)8-20-13-7-9(14(17)18)4-5-16-13/h2-7H,8H2,1H3,(H,17,18). The highest BCUT2D eigenvalue weighted by Gasteiger charge is 2.07. The molecule has 104 valence electrons. The number of nitrogens with zero attached hydrogens (tertiary/aromatic N) is 1. The number of ether oxygens (including phenoxy) is 1. The van der Waals surface area contributed by atoms with Crippen molar-refractivity contribution >= 4 is 33.7 Å². The first kappa shape index (κ1) is 14.9. The van der Waals surface area contributed by atoms with Crippen LogP contribution in [-0.2, 0) is 5.75 Å². The number of thioether (sulfide) groups is 1. The van der Waals surface area contributed by atoms with E-state index in [0.29, 0.717) is 10.8 Å². The Labute approximate surface area is 129 Å². The summed E-state index contributed by atoms with van der Waals surface area (Å²) < 4.78 is 6.18. The van der Waals surface area contributed by atoms with E-state index in [2.05, 4.69) is 20.9 Å². The molecule has 1 N–H and O–H groups in total. The van der Waals surface area contributed by atoms with Crippen LogP contribution in [0.1, 0.15) is 15.9 Å². The fourth-order valence-electron chi connectivity index (χ4n) is 1.56. The molecule has 4 nitrogen and oxygen atoms in total. The van der Waals surface area contributed by atoms with Gasteiger partial charge in [-0.3, -0.25) is 0 Å². The van der Waals surface area contributed by atoms with Crippen LogP contribution >= 0.6 is 27.7 Å². The van der Waals surface area contributed by atoms with Gasteiger partial charge >= 0.3 is 5.97 Å². The molecular weight excluding hydrogens is 342 g/mol. The van der Waals surface area contributed by atoms with Crippen LogP contribution in [-0.4, -0.2) is 23.2 Å². The van der Waals surface area contributed by atoms with Gasteiger partial charge in [-0.15, -0.1) is 11.8 Å². The van der Waals surface area contributed by atoms with Gasteiger partial charge in [0.15, 0.2) is 0 Å². The number of hydrogen-bond donors (Lipinski definition) is 1. The molecule has 0 aliphatic heterocycles. The van der Waals surface area contributed by atoms with Crippen LogP contribution in [0.15, 0.2) is 46.0 Å². The fraction of sp³-hybridized carbons (Fsp3) is 0.143. The Hall–Kier alpha value is -1.53. The minimum absolute atomic E-state index is 0.243. The van der Waals surface area contributed by atoms with Gasteiger partial charge in [0.2, 0.25) is 0 Å². The maximum Gasteiger partial charge on any atom is 0.335 e. The normalized spacial score (nSPS) is 10.3. The number of hydrogen-bond acceptors (Lipinski definition) is 4. The average Bonchev–Trinajstić information content (AvgIpc) is 2.46. The number of carbonyl (C=O) groups is 1. The lowest BCUT2D eigenvalue weighted by atomic mass is 10.2. The van der Waals surface area contributed by atoms with Crippen molar-refractivity contribution in [1.82, 2.24) is 4.98 Å². The van der Waals surface area contributed by atoms with E-state index in [-0.39, 0.29) is 5.56 Å². The van der Waals surface area contributed by atoms with Crippen molar-refractivity contribution in [3.8, 4) is 5.75 Å². The van der Waals surface area contributed by atoms with Crippen molar-refractivity contribution in [2.45, 2.75) is 10.8 Å². The van der Waals surface area contributed by atoms with Crippen LogP contribution in [0.4, 0.5) is 0 Å². The molecule has 1 heterocycles. The number of methoxy groups -OCH3 is 1. The average molecular weight is 354 g/mol. The lowest BCUT2D eigenvalue weighted by Crippen LogP contribution is -1.97. The van der Waals surface area contributed by atoms with Gasteiger partial charge in [-0.25, -0.2) is 9.78 Å². The number of halogens is 1. The third-order valence-corrected chi connectivity index (χ3v) is 4.36. The van der Waals surface area contributed by atoms with Crippen molar-refractivity contribution in [3.05, 3.63) is 52.1 Å². The first-order valence-corrected chi connectivity index (χ1v) is 7.52. The Morgan fingerprint density at radius 1 is 1.40 bits per heavy atom. The first-order valence-electron chi connectivity index (χ1n) is 5.74. The van der Waals surface area contributed by atoms with E-state index >= 15 is 0 Å². The molecule has 0 aliphatic carbocycles. The second kappa shape index (κ2) is 6.76. The van der Waals surface area contributed by atoms with Gasteiger partial charge in [0.05, 0.1) is 17.7 Å². The van der Waals surface area contributed by atoms with Crippen LogP contribution < -0.4 is 4.74 Å². The Bertz CT molecular complexity index is 634. The third-order valence-electron chi connectivity index (χ3n) is 2.61. The van der Waals surface area contributed by atoms with Crippen molar-refractivity contribution < 1.29 is 14.6 Å². The van der Waals surface area contributed by atoms with Gasteiger partial charge in [0.1, 0.15) is 5.75 Å². The van der Waals surface area contributed by atoms with E-state index in [4.69, 9.17) is 9.84 Å². The summed E-state index contributed by atoms with van der Waals surface area (Å²) in [5, 5.41) is 9.63. The van der Waals surface area contributed by atoms with E-state index in [0.717, 1.165) is 15.8 Å². The van der Waals surface area contributed by atoms with Crippen LogP contribution in [0.2, 0.25) is 0 Å². The van der Waals surface area contributed by atoms with E-state index in [1.165, 1.54) is 24.0 Å². The van der Waals surface area contributed by atoms with Crippen LogP contribution in [0.3, 0.4) is 0 Å². The topological polar surface area (TPSA) is 59.4 Å². The Kier molecular flexibility index (Phi) is 5.03. The lowest BCUT2D eigenvalue weighted by Gasteiger charge is -2.07. The SMILES string of the molecule is COc1ccc(Br)c(CSc2cc(C(=O)O)ccn2)c1. The van der Waals surface area contributed by atoms with Gasteiger partial charge in [-0.1, -0.05) is 15.9 Å². The summed E-state index contributed by atoms with van der Waals surface area (Å²) in [5.41, 5.74) is 1.31. The monoisotopic (exact) mass is 353 g/mol. The number of carboxylic acid groups (broad SMARTS) is 1. The third kappa shape index (κ3) is 3.74.